The maximum atomic E-state index is 11.6. The van der Waals surface area contributed by atoms with Gasteiger partial charge in [0.15, 0.2) is 5.75 Å². The summed E-state index contributed by atoms with van der Waals surface area (Å²) in [5.74, 6) is -0.168. The first-order valence-corrected chi connectivity index (χ1v) is 6.86. The molecule has 0 radical (unpaired) electrons. The molecule has 1 aliphatic rings. The summed E-state index contributed by atoms with van der Waals surface area (Å²) < 4.78 is 1.96. The minimum absolute atomic E-state index is 0.168. The van der Waals surface area contributed by atoms with Crippen molar-refractivity contribution < 1.29 is 5.11 Å². The number of fused-ring (bicyclic) bond motifs is 1. The number of hydrogen-bond acceptors (Lipinski definition) is 3. The van der Waals surface area contributed by atoms with Gasteiger partial charge in [-0.15, -0.1) is 0 Å². The average Bonchev–Trinajstić information content (AvgIpc) is 2.48. The van der Waals surface area contributed by atoms with Crippen molar-refractivity contribution in [1.29, 1.82) is 0 Å². The van der Waals surface area contributed by atoms with Gasteiger partial charge in [-0.3, -0.25) is 9.69 Å². The van der Waals surface area contributed by atoms with Crippen LogP contribution in [0.4, 0.5) is 0 Å². The van der Waals surface area contributed by atoms with E-state index in [9.17, 15) is 9.90 Å². The third-order valence-corrected chi connectivity index (χ3v) is 4.02. The highest BCUT2D eigenvalue weighted by molar-refractivity contribution is 5.23. The normalized spacial score (nSPS) is 16.6. The molecule has 1 atom stereocenters. The summed E-state index contributed by atoms with van der Waals surface area (Å²) in [4.78, 5) is 13.9. The SMILES string of the molecule is CC(c1ccccc1)N1CCn2cc(O)c(=O)cc2C1. The molecule has 4 nitrogen and oxygen atoms in total. The minimum atomic E-state index is -0.300. The first kappa shape index (κ1) is 12.9. The van der Waals surface area contributed by atoms with Crippen molar-refractivity contribution in [3.05, 3.63) is 64.1 Å². The predicted molar refractivity (Wildman–Crippen MR) is 77.6 cm³/mol. The molecule has 3 rings (SSSR count). The Bertz CT molecular complexity index is 664. The number of aromatic nitrogens is 1. The van der Waals surface area contributed by atoms with Gasteiger partial charge in [-0.2, -0.15) is 0 Å². The molecule has 1 N–H and O–H groups in total. The Kier molecular flexibility index (Phi) is 3.32. The average molecular weight is 270 g/mol. The lowest BCUT2D eigenvalue weighted by Crippen LogP contribution is -2.36. The van der Waals surface area contributed by atoms with Crippen molar-refractivity contribution in [2.24, 2.45) is 0 Å². The van der Waals surface area contributed by atoms with E-state index in [1.54, 1.807) is 12.3 Å². The molecule has 1 unspecified atom stereocenters. The second-order valence-corrected chi connectivity index (χ2v) is 5.26. The van der Waals surface area contributed by atoms with E-state index in [0.717, 1.165) is 25.3 Å². The van der Waals surface area contributed by atoms with Gasteiger partial charge in [-0.1, -0.05) is 30.3 Å². The van der Waals surface area contributed by atoms with Crippen LogP contribution in [0, 0.1) is 0 Å². The lowest BCUT2D eigenvalue weighted by atomic mass is 10.1. The molecular weight excluding hydrogens is 252 g/mol. The highest BCUT2D eigenvalue weighted by Crippen LogP contribution is 2.24. The van der Waals surface area contributed by atoms with Gasteiger partial charge in [0.25, 0.3) is 0 Å². The smallest absolute Gasteiger partial charge is 0.223 e. The number of benzene rings is 1. The van der Waals surface area contributed by atoms with Crippen LogP contribution < -0.4 is 5.43 Å². The third kappa shape index (κ3) is 2.34. The zero-order valence-corrected chi connectivity index (χ0v) is 11.5. The van der Waals surface area contributed by atoms with Crippen LogP contribution in [-0.4, -0.2) is 21.1 Å². The number of rotatable bonds is 2. The standard InChI is InChI=1S/C16H18N2O2/c1-12(13-5-3-2-4-6-13)17-7-8-18-11-16(20)15(19)9-14(18)10-17/h2-6,9,11-12,20H,7-8,10H2,1H3. The Labute approximate surface area is 117 Å². The molecular formula is C16H18N2O2. The molecule has 0 saturated carbocycles. The maximum Gasteiger partial charge on any atom is 0.223 e. The fourth-order valence-electron chi connectivity index (χ4n) is 2.74. The van der Waals surface area contributed by atoms with E-state index in [4.69, 9.17) is 0 Å². The molecule has 2 aromatic rings. The Hall–Kier alpha value is -2.07. The monoisotopic (exact) mass is 270 g/mol. The molecule has 104 valence electrons. The van der Waals surface area contributed by atoms with Gasteiger partial charge in [0, 0.05) is 37.4 Å². The largest absolute Gasteiger partial charge is 0.503 e. The van der Waals surface area contributed by atoms with Crippen molar-refractivity contribution in [2.75, 3.05) is 6.54 Å². The highest BCUT2D eigenvalue weighted by Gasteiger charge is 2.21. The number of hydrogen-bond donors (Lipinski definition) is 1. The molecule has 1 aromatic heterocycles. The summed E-state index contributed by atoms with van der Waals surface area (Å²) in [5, 5.41) is 9.48. The summed E-state index contributed by atoms with van der Waals surface area (Å²) in [7, 11) is 0. The summed E-state index contributed by atoms with van der Waals surface area (Å²) in [6.07, 6.45) is 1.54. The van der Waals surface area contributed by atoms with Crippen molar-refractivity contribution in [1.82, 2.24) is 9.47 Å². The van der Waals surface area contributed by atoms with Crippen LogP contribution in [0.2, 0.25) is 0 Å². The molecule has 0 saturated heterocycles. The van der Waals surface area contributed by atoms with Gasteiger partial charge in [0.1, 0.15) is 0 Å². The van der Waals surface area contributed by atoms with E-state index >= 15 is 0 Å². The van der Waals surface area contributed by atoms with Crippen LogP contribution in [-0.2, 0) is 13.1 Å². The molecule has 0 bridgehead atoms. The second kappa shape index (κ2) is 5.13. The molecule has 1 aliphatic heterocycles. The van der Waals surface area contributed by atoms with E-state index in [1.807, 2.05) is 22.8 Å². The molecule has 0 spiro atoms. The summed E-state index contributed by atoms with van der Waals surface area (Å²) in [6, 6.07) is 12.2. The first-order valence-electron chi connectivity index (χ1n) is 6.86. The molecule has 0 aliphatic carbocycles. The maximum absolute atomic E-state index is 11.6. The molecule has 0 fully saturated rings. The van der Waals surface area contributed by atoms with Crippen LogP contribution in [0.25, 0.3) is 0 Å². The fraction of sp³-hybridized carbons (Fsp3) is 0.312. The summed E-state index contributed by atoms with van der Waals surface area (Å²) >= 11 is 0. The first-order chi connectivity index (χ1) is 9.65. The Morgan fingerprint density at radius 1 is 1.20 bits per heavy atom. The van der Waals surface area contributed by atoms with Crippen molar-refractivity contribution in [2.45, 2.75) is 26.1 Å². The van der Waals surface area contributed by atoms with Crippen molar-refractivity contribution >= 4 is 0 Å². The molecule has 20 heavy (non-hydrogen) atoms. The molecule has 4 heteroatoms. The van der Waals surface area contributed by atoms with E-state index in [0.29, 0.717) is 6.04 Å². The van der Waals surface area contributed by atoms with Crippen LogP contribution in [0.15, 0.2) is 47.4 Å². The van der Waals surface area contributed by atoms with Gasteiger partial charge >= 0.3 is 0 Å². The van der Waals surface area contributed by atoms with Crippen LogP contribution in [0.5, 0.6) is 5.75 Å². The Balaban J connectivity index is 1.85. The zero-order valence-electron chi connectivity index (χ0n) is 11.5. The van der Waals surface area contributed by atoms with E-state index in [-0.39, 0.29) is 11.2 Å². The minimum Gasteiger partial charge on any atom is -0.503 e. The summed E-state index contributed by atoms with van der Waals surface area (Å²) in [6.45, 7) is 4.61. The third-order valence-electron chi connectivity index (χ3n) is 4.02. The molecule has 0 amide bonds. The van der Waals surface area contributed by atoms with Crippen LogP contribution >= 0.6 is 0 Å². The zero-order chi connectivity index (χ0) is 14.1. The van der Waals surface area contributed by atoms with Crippen LogP contribution in [0.1, 0.15) is 24.2 Å². The van der Waals surface area contributed by atoms with E-state index < -0.39 is 0 Å². The van der Waals surface area contributed by atoms with Gasteiger partial charge in [-0.05, 0) is 12.5 Å². The van der Waals surface area contributed by atoms with Gasteiger partial charge in [0.05, 0.1) is 6.20 Å². The number of pyridine rings is 1. The van der Waals surface area contributed by atoms with Gasteiger partial charge < -0.3 is 9.67 Å². The second-order valence-electron chi connectivity index (χ2n) is 5.26. The van der Waals surface area contributed by atoms with E-state index in [1.165, 1.54) is 5.56 Å². The number of nitrogens with zero attached hydrogens (tertiary/aromatic N) is 2. The molecule has 2 heterocycles. The Morgan fingerprint density at radius 3 is 2.70 bits per heavy atom. The van der Waals surface area contributed by atoms with Crippen molar-refractivity contribution in [3.63, 3.8) is 0 Å². The summed E-state index contributed by atoms with van der Waals surface area (Å²) in [5.41, 5.74) is 1.94. The Morgan fingerprint density at radius 2 is 1.95 bits per heavy atom. The molecule has 1 aromatic carbocycles. The highest BCUT2D eigenvalue weighted by atomic mass is 16.3. The predicted octanol–water partition coefficient (Wildman–Crippen LogP) is 2.13. The number of aromatic hydroxyl groups is 1. The fourth-order valence-corrected chi connectivity index (χ4v) is 2.74. The topological polar surface area (TPSA) is 45.5 Å². The van der Waals surface area contributed by atoms with E-state index in [2.05, 4.69) is 24.0 Å². The lowest BCUT2D eigenvalue weighted by Gasteiger charge is -2.34. The van der Waals surface area contributed by atoms with Gasteiger partial charge in [-0.25, -0.2) is 0 Å². The quantitative estimate of drug-likeness (QED) is 0.909. The lowest BCUT2D eigenvalue weighted by molar-refractivity contribution is 0.164. The van der Waals surface area contributed by atoms with Crippen molar-refractivity contribution in [3.8, 4) is 5.75 Å². The van der Waals surface area contributed by atoms with Crippen LogP contribution in [0.3, 0.4) is 0 Å². The van der Waals surface area contributed by atoms with Gasteiger partial charge in [0.2, 0.25) is 5.43 Å².